The zero-order valence-corrected chi connectivity index (χ0v) is 13.0. The van der Waals surface area contributed by atoms with Crippen LogP contribution in [0.1, 0.15) is 49.4 Å². The molecule has 2 rings (SSSR count). The molecule has 0 radical (unpaired) electrons. The van der Waals surface area contributed by atoms with E-state index in [4.69, 9.17) is 4.74 Å². The van der Waals surface area contributed by atoms with Gasteiger partial charge < -0.3 is 14.7 Å². The van der Waals surface area contributed by atoms with Crippen LogP contribution in [0.3, 0.4) is 0 Å². The van der Waals surface area contributed by atoms with Gasteiger partial charge in [-0.25, -0.2) is 4.79 Å². The monoisotopic (exact) mass is 316 g/mol. The van der Waals surface area contributed by atoms with E-state index in [0.717, 1.165) is 0 Å². The number of rotatable bonds is 5. The van der Waals surface area contributed by atoms with E-state index < -0.39 is 23.9 Å². The van der Waals surface area contributed by atoms with Gasteiger partial charge in [0.25, 0.3) is 5.56 Å². The van der Waals surface area contributed by atoms with Crippen molar-refractivity contribution < 1.29 is 19.1 Å². The van der Waals surface area contributed by atoms with E-state index in [-0.39, 0.29) is 17.0 Å². The van der Waals surface area contributed by atoms with Gasteiger partial charge in [0.15, 0.2) is 12.4 Å². The number of ketones is 2. The Morgan fingerprint density at radius 2 is 1.91 bits per heavy atom. The number of ether oxygens (including phenoxy) is 1. The fourth-order valence-corrected chi connectivity index (χ4v) is 2.42. The number of Topliss-reactive ketones (excluding diaryl/α,β-unsaturated/α-hetero) is 2. The predicted molar refractivity (Wildman–Crippen MR) is 81.9 cm³/mol. The minimum Gasteiger partial charge on any atom is -0.453 e. The summed E-state index contributed by atoms with van der Waals surface area (Å²) >= 11 is 0. The molecule has 0 fully saturated rings. The van der Waals surface area contributed by atoms with Gasteiger partial charge in [0.2, 0.25) is 5.78 Å². The molecule has 0 aromatic carbocycles. The maximum Gasteiger partial charge on any atom is 0.344 e. The molecule has 2 heterocycles. The Morgan fingerprint density at radius 3 is 2.48 bits per heavy atom. The molecular weight excluding hydrogens is 300 g/mol. The third-order valence-electron chi connectivity index (χ3n) is 3.44. The second kappa shape index (κ2) is 6.43. The summed E-state index contributed by atoms with van der Waals surface area (Å²) in [5.74, 6) is -1.50. The number of esters is 1. The number of aryl methyl sites for hydroxylation is 1. The number of aromatic nitrogens is 2. The highest BCUT2D eigenvalue weighted by Gasteiger charge is 2.21. The van der Waals surface area contributed by atoms with E-state index in [2.05, 4.69) is 9.97 Å². The number of pyridine rings is 1. The molecule has 0 atom stereocenters. The van der Waals surface area contributed by atoms with Crippen LogP contribution in [0.25, 0.3) is 0 Å². The van der Waals surface area contributed by atoms with Gasteiger partial charge in [0.1, 0.15) is 5.56 Å². The van der Waals surface area contributed by atoms with Crippen molar-refractivity contribution >= 4 is 17.5 Å². The molecule has 0 unspecified atom stereocenters. The van der Waals surface area contributed by atoms with Gasteiger partial charge in [0, 0.05) is 17.5 Å². The molecule has 0 aliphatic rings. The van der Waals surface area contributed by atoms with Crippen LogP contribution in [0, 0.1) is 13.8 Å². The summed E-state index contributed by atoms with van der Waals surface area (Å²) in [6.07, 6.45) is 1.39. The lowest BCUT2D eigenvalue weighted by Gasteiger charge is -2.03. The Hall–Kier alpha value is -2.96. The number of carbonyl (C=O) groups excluding carboxylic acids is 3. The molecule has 2 aromatic heterocycles. The predicted octanol–water partition coefficient (Wildman–Crippen LogP) is 1.56. The van der Waals surface area contributed by atoms with Crippen molar-refractivity contribution in [2.75, 3.05) is 6.61 Å². The molecule has 0 aliphatic carbocycles. The van der Waals surface area contributed by atoms with E-state index in [0.29, 0.717) is 16.8 Å². The fraction of sp³-hybridized carbons (Fsp3) is 0.250. The van der Waals surface area contributed by atoms with Crippen LogP contribution in [0.4, 0.5) is 0 Å². The first-order valence-electron chi connectivity index (χ1n) is 6.91. The zero-order valence-electron chi connectivity index (χ0n) is 13.0. The summed E-state index contributed by atoms with van der Waals surface area (Å²) in [4.78, 5) is 52.2. The molecule has 7 nitrogen and oxygen atoms in total. The van der Waals surface area contributed by atoms with E-state index in [1.807, 2.05) is 0 Å². The molecule has 0 spiro atoms. The summed E-state index contributed by atoms with van der Waals surface area (Å²) in [5.41, 5.74) is 1.03. The van der Waals surface area contributed by atoms with E-state index >= 15 is 0 Å². The molecule has 0 saturated carbocycles. The highest BCUT2D eigenvalue weighted by atomic mass is 16.5. The number of aromatic amines is 2. The minimum atomic E-state index is -0.882. The molecule has 2 N–H and O–H groups in total. The van der Waals surface area contributed by atoms with Crippen LogP contribution in [0.15, 0.2) is 23.1 Å². The minimum absolute atomic E-state index is 0.150. The quantitative estimate of drug-likeness (QED) is 0.642. The van der Waals surface area contributed by atoms with Gasteiger partial charge in [0.05, 0.1) is 5.69 Å². The molecule has 2 aromatic rings. The normalized spacial score (nSPS) is 10.4. The van der Waals surface area contributed by atoms with Crippen molar-refractivity contribution in [3.8, 4) is 0 Å². The zero-order chi connectivity index (χ0) is 17.1. The Kier molecular flexibility index (Phi) is 4.59. The molecular formula is C16H16N2O5. The number of hydrogen-bond donors (Lipinski definition) is 2. The molecule has 23 heavy (non-hydrogen) atoms. The highest BCUT2D eigenvalue weighted by Crippen LogP contribution is 2.19. The lowest BCUT2D eigenvalue weighted by molar-refractivity contribution is 0.0471. The van der Waals surface area contributed by atoms with Crippen molar-refractivity contribution in [3.63, 3.8) is 0 Å². The second-order valence-corrected chi connectivity index (χ2v) is 5.09. The van der Waals surface area contributed by atoms with Gasteiger partial charge in [-0.05, 0) is 38.5 Å². The summed E-state index contributed by atoms with van der Waals surface area (Å²) in [7, 11) is 0. The Morgan fingerprint density at radius 1 is 1.22 bits per heavy atom. The molecule has 120 valence electrons. The van der Waals surface area contributed by atoms with Crippen molar-refractivity contribution in [1.29, 1.82) is 0 Å². The smallest absolute Gasteiger partial charge is 0.344 e. The summed E-state index contributed by atoms with van der Waals surface area (Å²) in [6, 6.07) is 2.79. The lowest BCUT2D eigenvalue weighted by atomic mass is 10.1. The van der Waals surface area contributed by atoms with Crippen LogP contribution in [-0.4, -0.2) is 34.1 Å². The molecule has 0 aliphatic heterocycles. The van der Waals surface area contributed by atoms with Crippen LogP contribution in [0.2, 0.25) is 0 Å². The molecule has 7 heteroatoms. The maximum absolute atomic E-state index is 12.2. The largest absolute Gasteiger partial charge is 0.453 e. The fourth-order valence-electron chi connectivity index (χ4n) is 2.42. The van der Waals surface area contributed by atoms with Gasteiger partial charge in [-0.15, -0.1) is 0 Å². The first kappa shape index (κ1) is 16.4. The summed E-state index contributed by atoms with van der Waals surface area (Å²) in [5, 5.41) is 0. The molecule has 0 bridgehead atoms. The van der Waals surface area contributed by atoms with Crippen molar-refractivity contribution in [3.05, 3.63) is 56.8 Å². The first-order valence-corrected chi connectivity index (χ1v) is 6.91. The van der Waals surface area contributed by atoms with E-state index in [1.54, 1.807) is 13.8 Å². The third kappa shape index (κ3) is 3.28. The van der Waals surface area contributed by atoms with Crippen LogP contribution in [0.5, 0.6) is 0 Å². The van der Waals surface area contributed by atoms with E-state index in [9.17, 15) is 19.2 Å². The number of nitrogens with one attached hydrogen (secondary N) is 2. The first-order chi connectivity index (χ1) is 10.8. The van der Waals surface area contributed by atoms with Crippen LogP contribution < -0.4 is 5.56 Å². The highest BCUT2D eigenvalue weighted by molar-refractivity contribution is 6.04. The lowest BCUT2D eigenvalue weighted by Crippen LogP contribution is -2.21. The summed E-state index contributed by atoms with van der Waals surface area (Å²) in [6.45, 7) is 4.23. The second-order valence-electron chi connectivity index (χ2n) is 5.09. The Labute approximate surface area is 131 Å². The van der Waals surface area contributed by atoms with Gasteiger partial charge in [-0.2, -0.15) is 0 Å². The number of carbonyl (C=O) groups is 3. The molecule has 0 saturated heterocycles. The standard InChI is InChI=1S/C16H16N2O5/c1-8-13(10(3)19)9(2)18-14(8)12(20)7-23-16(22)11-5-4-6-17-15(11)21/h4-6,18H,7H2,1-3H3,(H,17,21). The number of H-pyrrole nitrogens is 2. The van der Waals surface area contributed by atoms with Gasteiger partial charge in [-0.1, -0.05) is 0 Å². The number of hydrogen-bond acceptors (Lipinski definition) is 5. The third-order valence-corrected chi connectivity index (χ3v) is 3.44. The van der Waals surface area contributed by atoms with Gasteiger partial charge in [-0.3, -0.25) is 14.4 Å². The average Bonchev–Trinajstić information content (AvgIpc) is 2.80. The summed E-state index contributed by atoms with van der Waals surface area (Å²) < 4.78 is 4.88. The van der Waals surface area contributed by atoms with E-state index in [1.165, 1.54) is 25.3 Å². The van der Waals surface area contributed by atoms with Crippen LogP contribution >= 0.6 is 0 Å². The van der Waals surface area contributed by atoms with Crippen molar-refractivity contribution in [1.82, 2.24) is 9.97 Å². The molecule has 0 amide bonds. The van der Waals surface area contributed by atoms with Crippen molar-refractivity contribution in [2.45, 2.75) is 20.8 Å². The SMILES string of the molecule is CC(=O)c1c(C)[nH]c(C(=O)COC(=O)c2ccc[nH]c2=O)c1C. The average molecular weight is 316 g/mol. The van der Waals surface area contributed by atoms with Gasteiger partial charge >= 0.3 is 5.97 Å². The van der Waals surface area contributed by atoms with Crippen molar-refractivity contribution in [2.24, 2.45) is 0 Å². The topological polar surface area (TPSA) is 109 Å². The Balaban J connectivity index is 2.13. The van der Waals surface area contributed by atoms with Crippen LogP contribution in [-0.2, 0) is 4.74 Å². The Bertz CT molecular complexity index is 844. The maximum atomic E-state index is 12.2.